The number of ether oxygens (including phenoxy) is 1. The minimum Gasteiger partial charge on any atom is -0.497 e. The summed E-state index contributed by atoms with van der Waals surface area (Å²) in [6.45, 7) is 44.0. The molecule has 2 heteroatoms. The SMILES string of the molecule is C.CC(C)c1ccc(-c2ccccc2)cc1.CC(C)c1ccc(C#N)cc1.CC(C)c1ccc(C(C)(C)C)cc1.CC(C)c1ccccc1.COc1ccc(C(C)C)cc1.Cc1cc(C)cc(C(C)C)c1.Cc1cccc(C(C)C)c1. The maximum atomic E-state index is 8.52. The van der Waals surface area contributed by atoms with Crippen molar-refractivity contribution in [1.82, 2.24) is 0 Å². The van der Waals surface area contributed by atoms with Crippen molar-refractivity contribution in [2.75, 3.05) is 7.11 Å². The molecule has 81 heavy (non-hydrogen) atoms. The zero-order valence-electron chi connectivity index (χ0n) is 53.4. The van der Waals surface area contributed by atoms with Gasteiger partial charge in [-0.2, -0.15) is 5.26 Å². The molecule has 8 aromatic rings. The summed E-state index contributed by atoms with van der Waals surface area (Å²) in [6, 6.07) is 72.2. The topological polar surface area (TPSA) is 33.0 Å². The van der Waals surface area contributed by atoms with E-state index in [1.54, 1.807) is 7.11 Å². The van der Waals surface area contributed by atoms with Gasteiger partial charge in [0.1, 0.15) is 5.75 Å². The zero-order valence-corrected chi connectivity index (χ0v) is 53.4. The molecule has 0 atom stereocenters. The average molecular weight is 1090 g/mol. The summed E-state index contributed by atoms with van der Waals surface area (Å²) in [5.41, 5.74) is 18.8. The molecule has 0 spiro atoms. The molecule has 0 bridgehead atoms. The van der Waals surface area contributed by atoms with Crippen molar-refractivity contribution in [2.45, 2.75) is 193 Å². The van der Waals surface area contributed by atoms with Crippen molar-refractivity contribution in [3.8, 4) is 22.9 Å². The smallest absolute Gasteiger partial charge is 0.118 e. The molecule has 0 aliphatic carbocycles. The number of hydrogen-bond acceptors (Lipinski definition) is 2. The number of benzene rings is 8. The number of rotatable bonds is 9. The first-order valence-corrected chi connectivity index (χ1v) is 29.3. The van der Waals surface area contributed by atoms with Crippen molar-refractivity contribution in [3.63, 3.8) is 0 Å². The summed E-state index contributed by atoms with van der Waals surface area (Å²) < 4.78 is 5.05. The third-order valence-electron chi connectivity index (χ3n) is 13.7. The molecule has 0 radical (unpaired) electrons. The Morgan fingerprint density at radius 2 is 0.654 bits per heavy atom. The molecular formula is C79H107NO. The van der Waals surface area contributed by atoms with Crippen LogP contribution in [0.4, 0.5) is 0 Å². The number of nitrogens with zero attached hydrogens (tertiary/aromatic N) is 1. The van der Waals surface area contributed by atoms with Gasteiger partial charge in [-0.25, -0.2) is 0 Å². The molecule has 434 valence electrons. The number of hydrogen-bond donors (Lipinski definition) is 0. The van der Waals surface area contributed by atoms with Crippen LogP contribution >= 0.6 is 0 Å². The summed E-state index contributed by atoms with van der Waals surface area (Å²) in [5.74, 6) is 5.27. The van der Waals surface area contributed by atoms with Gasteiger partial charge in [0.25, 0.3) is 0 Å². The highest BCUT2D eigenvalue weighted by Crippen LogP contribution is 2.26. The van der Waals surface area contributed by atoms with Gasteiger partial charge in [-0.3, -0.25) is 0 Å². The standard InChI is InChI=1S/C15H16.C13H20.C11H16.C10H11N.C10H14O.C10H14.C9H12.CH4/c1-12(2)13-8-10-15(11-9-13)14-6-4-3-5-7-14;1-10(2)11-6-8-12(9-7-11)13(3,4)5;1-8(2)11-6-9(3)5-10(4)7-11;1-8(2)10-5-3-9(7-11)4-6-10;1-8(2)9-4-6-10(11-3)7-5-9;1-8(2)10-6-4-5-9(3)7-10;1-8(2)9-6-4-3-5-7-9;/h3-12H,1-2H3;6-10H,1-5H3;5-8H,1-4H3;3-6,8H,1-2H3;4-8H,1-3H3;4-8H,1-3H3;3-8H,1-2H3;1H4. The molecular weight excluding hydrogens is 979 g/mol. The van der Waals surface area contributed by atoms with Crippen molar-refractivity contribution in [1.29, 1.82) is 5.26 Å². The van der Waals surface area contributed by atoms with E-state index in [2.05, 4.69) is 296 Å². The highest BCUT2D eigenvalue weighted by molar-refractivity contribution is 5.63. The van der Waals surface area contributed by atoms with Gasteiger partial charge in [-0.05, 0) is 148 Å². The van der Waals surface area contributed by atoms with E-state index in [-0.39, 0.29) is 12.8 Å². The second-order valence-electron chi connectivity index (χ2n) is 24.2. The van der Waals surface area contributed by atoms with Gasteiger partial charge >= 0.3 is 0 Å². The van der Waals surface area contributed by atoms with Crippen LogP contribution < -0.4 is 4.74 Å². The van der Waals surface area contributed by atoms with Crippen LogP contribution in [-0.4, -0.2) is 7.11 Å². The maximum Gasteiger partial charge on any atom is 0.118 e. The third kappa shape index (κ3) is 28.9. The van der Waals surface area contributed by atoms with E-state index in [0.29, 0.717) is 41.4 Å². The Balaban J connectivity index is 0.000000474. The quantitative estimate of drug-likeness (QED) is 0.144. The fraction of sp³-hybridized carbons (Fsp3) is 0.380. The molecule has 8 rings (SSSR count). The van der Waals surface area contributed by atoms with E-state index in [4.69, 9.17) is 10.00 Å². The van der Waals surface area contributed by atoms with Crippen LogP contribution in [0.5, 0.6) is 5.75 Å². The average Bonchev–Trinajstić information content (AvgIpc) is 3.44. The molecule has 0 N–H and O–H groups in total. The molecule has 0 fully saturated rings. The van der Waals surface area contributed by atoms with Gasteiger partial charge in [-0.15, -0.1) is 0 Å². The first kappa shape index (κ1) is 72.1. The van der Waals surface area contributed by atoms with Crippen molar-refractivity contribution in [2.24, 2.45) is 0 Å². The number of nitriles is 1. The lowest BCUT2D eigenvalue weighted by Crippen LogP contribution is -2.10. The summed E-state index contributed by atoms with van der Waals surface area (Å²) in [6.07, 6.45) is 0. The first-order valence-electron chi connectivity index (χ1n) is 29.3. The van der Waals surface area contributed by atoms with Crippen LogP contribution in [0.25, 0.3) is 11.1 Å². The van der Waals surface area contributed by atoms with Gasteiger partial charge < -0.3 is 4.74 Å². The summed E-state index contributed by atoms with van der Waals surface area (Å²) in [4.78, 5) is 0. The van der Waals surface area contributed by atoms with Crippen LogP contribution in [0.15, 0.2) is 200 Å². The van der Waals surface area contributed by atoms with E-state index in [0.717, 1.165) is 11.3 Å². The monoisotopic (exact) mass is 1090 g/mol. The fourth-order valence-electron chi connectivity index (χ4n) is 8.20. The van der Waals surface area contributed by atoms with Crippen molar-refractivity contribution in [3.05, 3.63) is 267 Å². The summed E-state index contributed by atoms with van der Waals surface area (Å²) >= 11 is 0. The Hall–Kier alpha value is -6.95. The fourth-order valence-corrected chi connectivity index (χ4v) is 8.20. The highest BCUT2D eigenvalue weighted by Gasteiger charge is 2.13. The van der Waals surface area contributed by atoms with Crippen LogP contribution in [0.2, 0.25) is 0 Å². The zero-order chi connectivity index (χ0) is 60.0. The Labute approximate surface area is 497 Å². The molecule has 0 aliphatic rings. The number of aryl methyl sites for hydroxylation is 3. The minimum absolute atomic E-state index is 0. The van der Waals surface area contributed by atoms with Gasteiger partial charge in [0.15, 0.2) is 0 Å². The highest BCUT2D eigenvalue weighted by atomic mass is 16.5. The van der Waals surface area contributed by atoms with Crippen LogP contribution in [0.1, 0.15) is 233 Å². The van der Waals surface area contributed by atoms with E-state index < -0.39 is 0 Å². The normalized spacial score (nSPS) is 10.5. The molecule has 0 heterocycles. The van der Waals surface area contributed by atoms with E-state index in [1.165, 1.54) is 72.3 Å². The van der Waals surface area contributed by atoms with E-state index in [1.807, 2.05) is 48.5 Å². The minimum atomic E-state index is 0. The van der Waals surface area contributed by atoms with Crippen molar-refractivity contribution < 1.29 is 4.74 Å². The third-order valence-corrected chi connectivity index (χ3v) is 13.7. The Morgan fingerprint density at radius 3 is 0.988 bits per heavy atom. The molecule has 2 nitrogen and oxygen atoms in total. The predicted molar refractivity (Wildman–Crippen MR) is 360 cm³/mol. The lowest BCUT2D eigenvalue weighted by atomic mass is 9.86. The first-order chi connectivity index (χ1) is 37.7. The largest absolute Gasteiger partial charge is 0.497 e. The summed E-state index contributed by atoms with van der Waals surface area (Å²) in [5, 5.41) is 8.52. The maximum absolute atomic E-state index is 8.52. The van der Waals surface area contributed by atoms with Gasteiger partial charge in [0.05, 0.1) is 18.7 Å². The Kier molecular flexibility index (Phi) is 33.7. The van der Waals surface area contributed by atoms with E-state index in [9.17, 15) is 0 Å². The molecule has 8 aromatic carbocycles. The van der Waals surface area contributed by atoms with E-state index >= 15 is 0 Å². The molecule has 0 unspecified atom stereocenters. The lowest BCUT2D eigenvalue weighted by molar-refractivity contribution is 0.414. The second kappa shape index (κ2) is 37.9. The molecule has 0 saturated heterocycles. The van der Waals surface area contributed by atoms with Gasteiger partial charge in [0.2, 0.25) is 0 Å². The molecule has 0 saturated carbocycles. The van der Waals surface area contributed by atoms with Crippen molar-refractivity contribution >= 4 is 0 Å². The van der Waals surface area contributed by atoms with Crippen LogP contribution in [0, 0.1) is 32.1 Å². The number of methoxy groups -OCH3 is 1. The molecule has 0 aromatic heterocycles. The van der Waals surface area contributed by atoms with Gasteiger partial charge in [-0.1, -0.05) is 318 Å². The Morgan fingerprint density at radius 1 is 0.333 bits per heavy atom. The van der Waals surface area contributed by atoms with Gasteiger partial charge in [0, 0.05) is 0 Å². The van der Waals surface area contributed by atoms with Crippen LogP contribution in [-0.2, 0) is 5.41 Å². The second-order valence-corrected chi connectivity index (χ2v) is 24.2. The summed E-state index contributed by atoms with van der Waals surface area (Å²) in [7, 11) is 1.68. The van der Waals surface area contributed by atoms with Crippen LogP contribution in [0.3, 0.4) is 0 Å². The Bertz CT molecular complexity index is 2890. The molecule has 0 amide bonds. The lowest BCUT2D eigenvalue weighted by Gasteiger charge is -2.19. The molecule has 0 aliphatic heterocycles. The predicted octanol–water partition coefficient (Wildman–Crippen LogP) is 24.1.